The summed E-state index contributed by atoms with van der Waals surface area (Å²) in [7, 11) is 0. The molecule has 0 spiro atoms. The Kier molecular flexibility index (Phi) is 4.78. The van der Waals surface area contributed by atoms with Crippen molar-refractivity contribution in [1.82, 2.24) is 9.78 Å². The van der Waals surface area contributed by atoms with Crippen LogP contribution in [-0.4, -0.2) is 21.5 Å². The maximum absolute atomic E-state index is 12.1. The van der Waals surface area contributed by atoms with Crippen LogP contribution in [0.5, 0.6) is 0 Å². The Morgan fingerprint density at radius 3 is 2.76 bits per heavy atom. The normalized spacial score (nSPS) is 10.2. The van der Waals surface area contributed by atoms with Crippen LogP contribution < -0.4 is 11.1 Å². The van der Waals surface area contributed by atoms with Gasteiger partial charge in [0.05, 0.1) is 18.0 Å². The van der Waals surface area contributed by atoms with Crippen LogP contribution in [0.25, 0.3) is 0 Å². The fourth-order valence-electron chi connectivity index (χ4n) is 1.79. The summed E-state index contributed by atoms with van der Waals surface area (Å²) < 4.78 is 1.32. The summed E-state index contributed by atoms with van der Waals surface area (Å²) in [6, 6.07) is 3.75. The molecule has 2 aromatic heterocycles. The van der Waals surface area contributed by atoms with Gasteiger partial charge in [0.2, 0.25) is 0 Å². The van der Waals surface area contributed by atoms with Crippen molar-refractivity contribution in [3.63, 3.8) is 0 Å². The molecule has 0 aliphatic rings. The van der Waals surface area contributed by atoms with Crippen LogP contribution in [0.4, 0.5) is 0 Å². The van der Waals surface area contributed by atoms with E-state index in [1.807, 2.05) is 12.1 Å². The lowest BCUT2D eigenvalue weighted by Gasteiger charge is -2.06. The Hall–Kier alpha value is -2.10. The summed E-state index contributed by atoms with van der Waals surface area (Å²) >= 11 is 1.47. The smallest absolute Gasteiger partial charge is 0.268 e. The van der Waals surface area contributed by atoms with Crippen molar-refractivity contribution in [2.75, 3.05) is 6.61 Å². The van der Waals surface area contributed by atoms with Gasteiger partial charge in [0.15, 0.2) is 0 Å². The van der Waals surface area contributed by atoms with Gasteiger partial charge in [-0.2, -0.15) is 0 Å². The molecule has 0 aliphatic heterocycles. The minimum absolute atomic E-state index is 0.0461. The molecule has 0 saturated heterocycles. The number of hydrogen-bond donors (Lipinski definition) is 2. The molecule has 110 valence electrons. The van der Waals surface area contributed by atoms with Gasteiger partial charge in [0, 0.05) is 22.4 Å². The van der Waals surface area contributed by atoms with Crippen molar-refractivity contribution in [1.29, 1.82) is 0 Å². The number of aliphatic hydroxyl groups is 1. The van der Waals surface area contributed by atoms with Crippen molar-refractivity contribution in [3.8, 4) is 11.8 Å². The number of hydrogen-bond acceptors (Lipinski definition) is 4. The number of nitrogens with one attached hydrogen (secondary N) is 1. The number of rotatable bonds is 3. The maximum atomic E-state index is 12.1. The summed E-state index contributed by atoms with van der Waals surface area (Å²) in [6.45, 7) is 3.66. The molecule has 2 heterocycles. The van der Waals surface area contributed by atoms with Crippen LogP contribution in [0, 0.1) is 25.7 Å². The number of H-pyrrole nitrogens is 1. The van der Waals surface area contributed by atoms with Crippen molar-refractivity contribution in [2.45, 2.75) is 26.8 Å². The zero-order valence-corrected chi connectivity index (χ0v) is 12.7. The average Bonchev–Trinajstić information content (AvgIpc) is 2.90. The van der Waals surface area contributed by atoms with Crippen molar-refractivity contribution < 1.29 is 5.11 Å². The van der Waals surface area contributed by atoms with Gasteiger partial charge in [-0.05, 0) is 26.0 Å². The molecule has 0 unspecified atom stereocenters. The fourth-order valence-corrected chi connectivity index (χ4v) is 2.66. The highest BCUT2D eigenvalue weighted by Gasteiger charge is 2.08. The van der Waals surface area contributed by atoms with E-state index >= 15 is 0 Å². The molecule has 0 fully saturated rings. The number of aromatic amines is 1. The Balaban J connectivity index is 2.26. The Morgan fingerprint density at radius 1 is 1.29 bits per heavy atom. The summed E-state index contributed by atoms with van der Waals surface area (Å²) in [5.41, 5.74) is 0.497. The summed E-state index contributed by atoms with van der Waals surface area (Å²) in [6.07, 6.45) is 0.442. The van der Waals surface area contributed by atoms with E-state index < -0.39 is 0 Å². The quantitative estimate of drug-likeness (QED) is 0.831. The predicted octanol–water partition coefficient (Wildman–Crippen LogP) is 0.997. The summed E-state index contributed by atoms with van der Waals surface area (Å²) in [5.74, 6) is 5.80. The zero-order valence-electron chi connectivity index (χ0n) is 11.9. The predicted molar refractivity (Wildman–Crippen MR) is 82.8 cm³/mol. The number of aromatic nitrogens is 2. The molecule has 5 nitrogen and oxygen atoms in total. The van der Waals surface area contributed by atoms with Gasteiger partial charge < -0.3 is 5.11 Å². The highest BCUT2D eigenvalue weighted by atomic mass is 32.1. The average molecular weight is 304 g/mol. The van der Waals surface area contributed by atoms with E-state index in [4.69, 9.17) is 5.11 Å². The van der Waals surface area contributed by atoms with Crippen LogP contribution in [0.3, 0.4) is 0 Å². The molecule has 2 rings (SSSR count). The van der Waals surface area contributed by atoms with Gasteiger partial charge in [-0.1, -0.05) is 11.8 Å². The first-order valence-electron chi connectivity index (χ1n) is 6.51. The number of thiophene rings is 1. The van der Waals surface area contributed by atoms with Crippen LogP contribution in [0.15, 0.2) is 21.7 Å². The van der Waals surface area contributed by atoms with E-state index in [-0.39, 0.29) is 17.7 Å². The molecule has 0 amide bonds. The largest absolute Gasteiger partial charge is 0.395 e. The molecule has 0 aromatic carbocycles. The number of nitrogens with zero attached hydrogens (tertiary/aromatic N) is 1. The van der Waals surface area contributed by atoms with E-state index in [0.29, 0.717) is 24.1 Å². The molecule has 2 N–H and O–H groups in total. The van der Waals surface area contributed by atoms with Gasteiger partial charge >= 0.3 is 0 Å². The van der Waals surface area contributed by atoms with E-state index in [1.165, 1.54) is 16.0 Å². The third kappa shape index (κ3) is 3.51. The monoisotopic (exact) mass is 304 g/mol. The molecule has 2 aromatic rings. The first kappa shape index (κ1) is 15.3. The van der Waals surface area contributed by atoms with Crippen LogP contribution in [-0.2, 0) is 6.54 Å². The van der Waals surface area contributed by atoms with Gasteiger partial charge in [-0.15, -0.1) is 11.3 Å². The second-order valence-electron chi connectivity index (χ2n) is 4.62. The first-order valence-corrected chi connectivity index (χ1v) is 7.33. The second kappa shape index (κ2) is 6.57. The van der Waals surface area contributed by atoms with Crippen molar-refractivity contribution in [3.05, 3.63) is 53.7 Å². The van der Waals surface area contributed by atoms with Gasteiger partial charge in [-0.3, -0.25) is 14.7 Å². The SMILES string of the molecule is Cc1c(C)c(=O)n(Cc2ccc(C#CCCO)s2)[nH]c1=O. The zero-order chi connectivity index (χ0) is 15.4. The molecule has 0 atom stereocenters. The first-order chi connectivity index (χ1) is 10.0. The molecular weight excluding hydrogens is 288 g/mol. The van der Waals surface area contributed by atoms with Crippen LogP contribution in [0.2, 0.25) is 0 Å². The van der Waals surface area contributed by atoms with E-state index in [9.17, 15) is 9.59 Å². The minimum Gasteiger partial charge on any atom is -0.395 e. The molecule has 0 saturated carbocycles. The lowest BCUT2D eigenvalue weighted by molar-refractivity contribution is 0.305. The van der Waals surface area contributed by atoms with Crippen LogP contribution >= 0.6 is 11.3 Å². The van der Waals surface area contributed by atoms with E-state index in [1.54, 1.807) is 13.8 Å². The van der Waals surface area contributed by atoms with E-state index in [0.717, 1.165) is 9.75 Å². The van der Waals surface area contributed by atoms with Gasteiger partial charge in [-0.25, -0.2) is 4.68 Å². The fraction of sp³-hybridized carbons (Fsp3) is 0.333. The van der Waals surface area contributed by atoms with Crippen LogP contribution in [0.1, 0.15) is 27.3 Å². The molecular formula is C15H16N2O3S. The van der Waals surface area contributed by atoms with Crippen molar-refractivity contribution in [2.24, 2.45) is 0 Å². The minimum atomic E-state index is -0.244. The second-order valence-corrected chi connectivity index (χ2v) is 5.79. The third-order valence-corrected chi connectivity index (χ3v) is 4.11. The molecule has 6 heteroatoms. The lowest BCUT2D eigenvalue weighted by Crippen LogP contribution is -2.33. The Morgan fingerprint density at radius 2 is 2.05 bits per heavy atom. The summed E-state index contributed by atoms with van der Waals surface area (Å²) in [5, 5.41) is 11.3. The number of aliphatic hydroxyl groups excluding tert-OH is 1. The topological polar surface area (TPSA) is 75.1 Å². The Bertz CT molecular complexity index is 818. The van der Waals surface area contributed by atoms with Crippen molar-refractivity contribution >= 4 is 11.3 Å². The molecule has 21 heavy (non-hydrogen) atoms. The lowest BCUT2D eigenvalue weighted by atomic mass is 10.2. The maximum Gasteiger partial charge on any atom is 0.268 e. The van der Waals surface area contributed by atoms with Gasteiger partial charge in [0.25, 0.3) is 11.1 Å². The van der Waals surface area contributed by atoms with E-state index in [2.05, 4.69) is 16.9 Å². The Labute approximate surface area is 125 Å². The third-order valence-electron chi connectivity index (χ3n) is 3.13. The van der Waals surface area contributed by atoms with Gasteiger partial charge in [0.1, 0.15) is 0 Å². The molecule has 0 aliphatic carbocycles. The summed E-state index contributed by atoms with van der Waals surface area (Å²) in [4.78, 5) is 25.6. The standard InChI is InChI=1S/C15H16N2O3S/c1-10-11(2)15(20)17(16-14(10)19)9-13-7-6-12(21-13)5-3-4-8-18/h6-7,18H,4,8-9H2,1-2H3,(H,16,19). The molecule has 0 bridgehead atoms. The highest BCUT2D eigenvalue weighted by molar-refractivity contribution is 7.12. The molecule has 0 radical (unpaired) electrons. The highest BCUT2D eigenvalue weighted by Crippen LogP contribution is 2.15.